The lowest BCUT2D eigenvalue weighted by molar-refractivity contribution is 0.0532. The topological polar surface area (TPSA) is 40.6 Å². The fourth-order valence-corrected chi connectivity index (χ4v) is 3.38. The number of halogens is 3. The van der Waals surface area contributed by atoms with E-state index in [-0.39, 0.29) is 11.5 Å². The third kappa shape index (κ3) is 3.85. The second-order valence-electron chi connectivity index (χ2n) is 5.69. The summed E-state index contributed by atoms with van der Waals surface area (Å²) in [7, 11) is 0. The Labute approximate surface area is 158 Å². The van der Waals surface area contributed by atoms with Gasteiger partial charge in [-0.25, -0.2) is 4.39 Å². The van der Waals surface area contributed by atoms with Gasteiger partial charge in [0.15, 0.2) is 0 Å². The third-order valence-corrected chi connectivity index (χ3v) is 5.04. The summed E-state index contributed by atoms with van der Waals surface area (Å²) in [5, 5.41) is 0.312. The first-order chi connectivity index (χ1) is 12.0. The zero-order chi connectivity index (χ0) is 18.0. The fraction of sp³-hybridized carbons (Fsp3) is 0.222. The summed E-state index contributed by atoms with van der Waals surface area (Å²) in [5.74, 6) is -1.09. The van der Waals surface area contributed by atoms with Gasteiger partial charge in [-0.05, 0) is 46.3 Å². The van der Waals surface area contributed by atoms with Gasteiger partial charge in [-0.1, -0.05) is 23.7 Å². The molecule has 0 bridgehead atoms. The standard InChI is InChI=1S/C18H15BrClFN2O2/c19-15-4-2-1-3-13(15)17(24)22-7-9-23(10-8-22)18(25)14-11-12(20)5-6-16(14)21/h1-6,11H,7-10H2. The van der Waals surface area contributed by atoms with Crippen LogP contribution in [-0.2, 0) is 0 Å². The average Bonchev–Trinajstić information content (AvgIpc) is 2.63. The van der Waals surface area contributed by atoms with Crippen molar-refractivity contribution in [2.45, 2.75) is 0 Å². The number of nitrogens with zero attached hydrogens (tertiary/aromatic N) is 2. The summed E-state index contributed by atoms with van der Waals surface area (Å²) in [5.41, 5.74) is 0.543. The molecule has 0 unspecified atom stereocenters. The van der Waals surface area contributed by atoms with E-state index in [9.17, 15) is 14.0 Å². The molecule has 0 saturated carbocycles. The molecule has 4 nitrogen and oxygen atoms in total. The minimum Gasteiger partial charge on any atom is -0.335 e. The summed E-state index contributed by atoms with van der Waals surface area (Å²) in [6, 6.07) is 11.1. The van der Waals surface area contributed by atoms with Crippen molar-refractivity contribution in [2.75, 3.05) is 26.2 Å². The molecule has 1 fully saturated rings. The highest BCUT2D eigenvalue weighted by atomic mass is 79.9. The Hall–Kier alpha value is -1.92. The Kier molecular flexibility index (Phi) is 5.39. The van der Waals surface area contributed by atoms with Crippen LogP contribution in [0, 0.1) is 5.82 Å². The number of carbonyl (C=O) groups is 2. The lowest BCUT2D eigenvalue weighted by Gasteiger charge is -2.35. The number of amides is 2. The van der Waals surface area contributed by atoms with E-state index in [1.807, 2.05) is 12.1 Å². The van der Waals surface area contributed by atoms with Crippen LogP contribution in [0.4, 0.5) is 4.39 Å². The van der Waals surface area contributed by atoms with Gasteiger partial charge in [0.05, 0.1) is 11.1 Å². The number of hydrogen-bond donors (Lipinski definition) is 0. The maximum absolute atomic E-state index is 13.9. The van der Waals surface area contributed by atoms with E-state index < -0.39 is 11.7 Å². The quantitative estimate of drug-likeness (QED) is 0.733. The second kappa shape index (κ2) is 7.54. The molecule has 130 valence electrons. The molecule has 1 aliphatic heterocycles. The van der Waals surface area contributed by atoms with Crippen LogP contribution in [0.1, 0.15) is 20.7 Å². The summed E-state index contributed by atoms with van der Waals surface area (Å²) < 4.78 is 14.6. The number of hydrogen-bond acceptors (Lipinski definition) is 2. The zero-order valence-electron chi connectivity index (χ0n) is 13.2. The molecule has 0 radical (unpaired) electrons. The lowest BCUT2D eigenvalue weighted by atomic mass is 10.1. The summed E-state index contributed by atoms with van der Waals surface area (Å²) in [4.78, 5) is 28.3. The van der Waals surface area contributed by atoms with Crippen LogP contribution in [0.3, 0.4) is 0 Å². The van der Waals surface area contributed by atoms with E-state index in [1.165, 1.54) is 18.2 Å². The Morgan fingerprint density at radius 1 is 0.920 bits per heavy atom. The van der Waals surface area contributed by atoms with Crippen molar-refractivity contribution in [1.29, 1.82) is 0 Å². The van der Waals surface area contributed by atoms with Gasteiger partial charge in [0.25, 0.3) is 11.8 Å². The van der Waals surface area contributed by atoms with Crippen molar-refractivity contribution in [3.8, 4) is 0 Å². The summed E-state index contributed by atoms with van der Waals surface area (Å²) in [6.07, 6.45) is 0. The van der Waals surface area contributed by atoms with Crippen LogP contribution in [0.15, 0.2) is 46.9 Å². The first-order valence-corrected chi connectivity index (χ1v) is 8.92. The summed E-state index contributed by atoms with van der Waals surface area (Å²) >= 11 is 9.23. The molecule has 2 aromatic carbocycles. The van der Waals surface area contributed by atoms with E-state index in [0.29, 0.717) is 36.8 Å². The van der Waals surface area contributed by atoms with Crippen LogP contribution < -0.4 is 0 Å². The Morgan fingerprint density at radius 2 is 1.48 bits per heavy atom. The van der Waals surface area contributed by atoms with Gasteiger partial charge in [-0.3, -0.25) is 9.59 Å². The number of rotatable bonds is 2. The van der Waals surface area contributed by atoms with Crippen LogP contribution >= 0.6 is 27.5 Å². The van der Waals surface area contributed by atoms with Gasteiger partial charge in [0.2, 0.25) is 0 Å². The maximum Gasteiger partial charge on any atom is 0.257 e. The molecule has 0 spiro atoms. The molecule has 25 heavy (non-hydrogen) atoms. The van der Waals surface area contributed by atoms with Gasteiger partial charge in [-0.15, -0.1) is 0 Å². The molecule has 0 aromatic heterocycles. The van der Waals surface area contributed by atoms with Crippen LogP contribution in [0.5, 0.6) is 0 Å². The summed E-state index contributed by atoms with van der Waals surface area (Å²) in [6.45, 7) is 1.49. The number of piperazine rings is 1. The molecule has 1 heterocycles. The van der Waals surface area contributed by atoms with E-state index in [0.717, 1.165) is 4.47 Å². The predicted octanol–water partition coefficient (Wildman–Crippen LogP) is 3.84. The number of carbonyl (C=O) groups excluding carboxylic acids is 2. The Bertz CT molecular complexity index is 822. The van der Waals surface area contributed by atoms with E-state index in [1.54, 1.807) is 21.9 Å². The van der Waals surface area contributed by atoms with Crippen molar-refractivity contribution in [2.24, 2.45) is 0 Å². The first kappa shape index (κ1) is 17.9. The minimum absolute atomic E-state index is 0.0434. The molecule has 0 N–H and O–H groups in total. The Morgan fingerprint density at radius 3 is 2.08 bits per heavy atom. The molecule has 1 saturated heterocycles. The molecule has 2 amide bonds. The van der Waals surface area contributed by atoms with E-state index in [2.05, 4.69) is 15.9 Å². The first-order valence-electron chi connectivity index (χ1n) is 7.75. The van der Waals surface area contributed by atoms with Crippen molar-refractivity contribution in [3.63, 3.8) is 0 Å². The van der Waals surface area contributed by atoms with Crippen LogP contribution in [0.25, 0.3) is 0 Å². The molecule has 7 heteroatoms. The zero-order valence-corrected chi connectivity index (χ0v) is 15.6. The molecule has 3 rings (SSSR count). The normalized spacial score (nSPS) is 14.5. The highest BCUT2D eigenvalue weighted by Gasteiger charge is 2.27. The Balaban J connectivity index is 1.68. The van der Waals surface area contributed by atoms with Crippen LogP contribution in [0.2, 0.25) is 5.02 Å². The van der Waals surface area contributed by atoms with Gasteiger partial charge >= 0.3 is 0 Å². The maximum atomic E-state index is 13.9. The molecule has 0 aliphatic carbocycles. The molecule has 0 atom stereocenters. The largest absolute Gasteiger partial charge is 0.335 e. The third-order valence-electron chi connectivity index (χ3n) is 4.12. The highest BCUT2D eigenvalue weighted by molar-refractivity contribution is 9.10. The highest BCUT2D eigenvalue weighted by Crippen LogP contribution is 2.20. The van der Waals surface area contributed by atoms with Crippen molar-refractivity contribution >= 4 is 39.3 Å². The second-order valence-corrected chi connectivity index (χ2v) is 6.98. The van der Waals surface area contributed by atoms with Crippen LogP contribution in [-0.4, -0.2) is 47.8 Å². The monoisotopic (exact) mass is 424 g/mol. The SMILES string of the molecule is O=C(c1cc(Cl)ccc1F)N1CCN(C(=O)c2ccccc2Br)CC1. The smallest absolute Gasteiger partial charge is 0.257 e. The van der Waals surface area contributed by atoms with Gasteiger partial charge in [-0.2, -0.15) is 0 Å². The predicted molar refractivity (Wildman–Crippen MR) is 97.4 cm³/mol. The van der Waals surface area contributed by atoms with Gasteiger partial charge in [0, 0.05) is 35.7 Å². The average molecular weight is 426 g/mol. The molecular formula is C18H15BrClFN2O2. The molecule has 1 aliphatic rings. The van der Waals surface area contributed by atoms with Gasteiger partial charge in [0.1, 0.15) is 5.82 Å². The number of benzene rings is 2. The molecular weight excluding hydrogens is 411 g/mol. The van der Waals surface area contributed by atoms with E-state index in [4.69, 9.17) is 11.6 Å². The lowest BCUT2D eigenvalue weighted by Crippen LogP contribution is -2.50. The fourth-order valence-electron chi connectivity index (χ4n) is 2.75. The van der Waals surface area contributed by atoms with Crippen molar-refractivity contribution in [3.05, 3.63) is 68.9 Å². The van der Waals surface area contributed by atoms with Crippen molar-refractivity contribution < 1.29 is 14.0 Å². The molecule has 2 aromatic rings. The van der Waals surface area contributed by atoms with E-state index >= 15 is 0 Å². The minimum atomic E-state index is -0.596. The van der Waals surface area contributed by atoms with Crippen molar-refractivity contribution in [1.82, 2.24) is 9.80 Å². The van der Waals surface area contributed by atoms with Gasteiger partial charge < -0.3 is 9.80 Å².